The number of rotatable bonds is 5. The molecular formula is C18H28N8. The summed E-state index contributed by atoms with van der Waals surface area (Å²) >= 11 is 0. The second kappa shape index (κ2) is 7.57. The first-order valence-electron chi connectivity index (χ1n) is 9.57. The Labute approximate surface area is 154 Å². The van der Waals surface area contributed by atoms with Gasteiger partial charge in [-0.25, -0.2) is 9.97 Å². The van der Waals surface area contributed by atoms with Gasteiger partial charge < -0.3 is 9.80 Å². The van der Waals surface area contributed by atoms with Crippen LogP contribution in [0.15, 0.2) is 12.7 Å². The molecule has 0 bridgehead atoms. The van der Waals surface area contributed by atoms with E-state index in [0.717, 1.165) is 58.1 Å². The molecule has 0 saturated carbocycles. The zero-order chi connectivity index (χ0) is 17.9. The Bertz CT molecular complexity index is 719. The third-order valence-corrected chi connectivity index (χ3v) is 5.33. The van der Waals surface area contributed by atoms with E-state index in [2.05, 4.69) is 19.9 Å². The molecule has 1 aliphatic carbocycles. The molecule has 0 atom stereocenters. The third-order valence-electron chi connectivity index (χ3n) is 5.33. The van der Waals surface area contributed by atoms with Crippen LogP contribution in [0.2, 0.25) is 0 Å². The Balaban J connectivity index is 1.44. The maximum absolute atomic E-state index is 4.92. The van der Waals surface area contributed by atoms with Gasteiger partial charge in [0.25, 0.3) is 0 Å². The van der Waals surface area contributed by atoms with Crippen LogP contribution in [0, 0.1) is 0 Å². The van der Waals surface area contributed by atoms with Gasteiger partial charge in [-0.2, -0.15) is 10.1 Å². The standard InChI is InChI=1S/C18H28N8/c1-23(2)18-21-16-6-4-3-5-15(16)17(22-18)25-10-7-24(8-11-25)9-12-26-14-19-13-20-26/h13-14H,3-12H2,1-2H3. The molecule has 2 aromatic rings. The van der Waals surface area contributed by atoms with Crippen molar-refractivity contribution in [2.24, 2.45) is 0 Å². The fourth-order valence-corrected chi connectivity index (χ4v) is 3.80. The number of nitrogens with zero attached hydrogens (tertiary/aromatic N) is 8. The van der Waals surface area contributed by atoms with Gasteiger partial charge >= 0.3 is 0 Å². The van der Waals surface area contributed by atoms with Crippen molar-refractivity contribution in [3.8, 4) is 0 Å². The first-order chi connectivity index (χ1) is 12.7. The molecule has 4 rings (SSSR count). The van der Waals surface area contributed by atoms with E-state index in [9.17, 15) is 0 Å². The molecule has 0 aromatic carbocycles. The molecule has 1 fully saturated rings. The smallest absolute Gasteiger partial charge is 0.227 e. The minimum Gasteiger partial charge on any atom is -0.354 e. The maximum Gasteiger partial charge on any atom is 0.227 e. The van der Waals surface area contributed by atoms with Gasteiger partial charge in [0, 0.05) is 52.4 Å². The lowest BCUT2D eigenvalue weighted by molar-refractivity contribution is 0.243. The summed E-state index contributed by atoms with van der Waals surface area (Å²) < 4.78 is 1.90. The highest BCUT2D eigenvalue weighted by molar-refractivity contribution is 5.54. The van der Waals surface area contributed by atoms with Crippen molar-refractivity contribution >= 4 is 11.8 Å². The monoisotopic (exact) mass is 356 g/mol. The van der Waals surface area contributed by atoms with E-state index in [1.165, 1.54) is 29.9 Å². The fraction of sp³-hybridized carbons (Fsp3) is 0.667. The van der Waals surface area contributed by atoms with Crippen LogP contribution < -0.4 is 9.80 Å². The molecule has 0 unspecified atom stereocenters. The van der Waals surface area contributed by atoms with Crippen LogP contribution in [0.5, 0.6) is 0 Å². The molecule has 140 valence electrons. The van der Waals surface area contributed by atoms with Crippen molar-refractivity contribution in [2.45, 2.75) is 32.2 Å². The van der Waals surface area contributed by atoms with Crippen LogP contribution >= 0.6 is 0 Å². The molecule has 3 heterocycles. The van der Waals surface area contributed by atoms with E-state index in [1.54, 1.807) is 12.7 Å². The van der Waals surface area contributed by atoms with E-state index in [4.69, 9.17) is 9.97 Å². The van der Waals surface area contributed by atoms with Gasteiger partial charge in [-0.1, -0.05) is 0 Å². The van der Waals surface area contributed by atoms with Crippen molar-refractivity contribution in [1.82, 2.24) is 29.6 Å². The van der Waals surface area contributed by atoms with Gasteiger partial charge in [-0.15, -0.1) is 0 Å². The van der Waals surface area contributed by atoms with Gasteiger partial charge in [-0.05, 0) is 25.7 Å². The first kappa shape index (κ1) is 17.2. The Morgan fingerprint density at radius 2 is 1.81 bits per heavy atom. The summed E-state index contributed by atoms with van der Waals surface area (Å²) in [7, 11) is 4.05. The first-order valence-corrected chi connectivity index (χ1v) is 9.57. The number of hydrogen-bond donors (Lipinski definition) is 0. The molecular weight excluding hydrogens is 328 g/mol. The highest BCUT2D eigenvalue weighted by atomic mass is 15.3. The maximum atomic E-state index is 4.92. The zero-order valence-electron chi connectivity index (χ0n) is 15.8. The van der Waals surface area contributed by atoms with Crippen molar-refractivity contribution < 1.29 is 0 Å². The Morgan fingerprint density at radius 1 is 1.00 bits per heavy atom. The largest absolute Gasteiger partial charge is 0.354 e. The lowest BCUT2D eigenvalue weighted by atomic mass is 9.96. The third kappa shape index (κ3) is 3.65. The van der Waals surface area contributed by atoms with E-state index in [1.807, 2.05) is 23.7 Å². The lowest BCUT2D eigenvalue weighted by Crippen LogP contribution is -2.48. The Morgan fingerprint density at radius 3 is 2.54 bits per heavy atom. The molecule has 1 aliphatic heterocycles. The summed E-state index contributed by atoms with van der Waals surface area (Å²) in [5.74, 6) is 2.02. The van der Waals surface area contributed by atoms with Crippen LogP contribution in [0.25, 0.3) is 0 Å². The molecule has 0 radical (unpaired) electrons. The summed E-state index contributed by atoms with van der Waals surface area (Å²) in [5.41, 5.74) is 2.65. The molecule has 8 nitrogen and oxygen atoms in total. The van der Waals surface area contributed by atoms with E-state index < -0.39 is 0 Å². The minimum atomic E-state index is 0.842. The van der Waals surface area contributed by atoms with Gasteiger partial charge in [0.2, 0.25) is 5.95 Å². The average molecular weight is 356 g/mol. The Kier molecular flexibility index (Phi) is 5.01. The predicted octanol–water partition coefficient (Wildman–Crippen LogP) is 0.835. The second-order valence-corrected chi connectivity index (χ2v) is 7.36. The zero-order valence-corrected chi connectivity index (χ0v) is 15.8. The number of hydrogen-bond acceptors (Lipinski definition) is 7. The minimum absolute atomic E-state index is 0.842. The van der Waals surface area contributed by atoms with Crippen LogP contribution in [-0.2, 0) is 19.4 Å². The molecule has 2 aliphatic rings. The summed E-state index contributed by atoms with van der Waals surface area (Å²) in [6, 6.07) is 0. The average Bonchev–Trinajstić information content (AvgIpc) is 3.19. The van der Waals surface area contributed by atoms with Crippen molar-refractivity contribution in [3.63, 3.8) is 0 Å². The lowest BCUT2D eigenvalue weighted by Gasteiger charge is -2.37. The highest BCUT2D eigenvalue weighted by Crippen LogP contribution is 2.30. The summed E-state index contributed by atoms with van der Waals surface area (Å²) in [6.07, 6.45) is 8.08. The van der Waals surface area contributed by atoms with Gasteiger partial charge in [-0.3, -0.25) is 9.58 Å². The molecule has 1 saturated heterocycles. The number of fused-ring (bicyclic) bond motifs is 1. The van der Waals surface area contributed by atoms with Crippen molar-refractivity contribution in [2.75, 3.05) is 56.6 Å². The molecule has 0 amide bonds. The van der Waals surface area contributed by atoms with Gasteiger partial charge in [0.05, 0.1) is 12.2 Å². The topological polar surface area (TPSA) is 66.2 Å². The van der Waals surface area contributed by atoms with Crippen LogP contribution in [0.1, 0.15) is 24.1 Å². The highest BCUT2D eigenvalue weighted by Gasteiger charge is 2.25. The Hall–Kier alpha value is -2.22. The van der Waals surface area contributed by atoms with E-state index >= 15 is 0 Å². The van der Waals surface area contributed by atoms with Crippen LogP contribution in [0.4, 0.5) is 11.8 Å². The van der Waals surface area contributed by atoms with Crippen molar-refractivity contribution in [1.29, 1.82) is 0 Å². The van der Waals surface area contributed by atoms with Crippen LogP contribution in [-0.4, -0.2) is 76.5 Å². The predicted molar refractivity (Wildman–Crippen MR) is 102 cm³/mol. The number of aryl methyl sites for hydroxylation is 1. The molecule has 0 N–H and O–H groups in total. The summed E-state index contributed by atoms with van der Waals surface area (Å²) in [5, 5.41) is 4.18. The van der Waals surface area contributed by atoms with Crippen LogP contribution in [0.3, 0.4) is 0 Å². The number of piperazine rings is 1. The molecule has 2 aromatic heterocycles. The number of aromatic nitrogens is 5. The molecule has 26 heavy (non-hydrogen) atoms. The quantitative estimate of drug-likeness (QED) is 0.786. The molecule has 8 heteroatoms. The summed E-state index contributed by atoms with van der Waals surface area (Å²) in [4.78, 5) is 20.7. The van der Waals surface area contributed by atoms with Crippen molar-refractivity contribution in [3.05, 3.63) is 23.9 Å². The second-order valence-electron chi connectivity index (χ2n) is 7.36. The van der Waals surface area contributed by atoms with E-state index in [0.29, 0.717) is 0 Å². The SMILES string of the molecule is CN(C)c1nc2c(c(N3CCN(CCn4cncn4)CC3)n1)CCCC2. The van der Waals surface area contributed by atoms with E-state index in [-0.39, 0.29) is 0 Å². The summed E-state index contributed by atoms with van der Waals surface area (Å²) in [6.45, 7) is 6.08. The number of anilines is 2. The normalized spacial score (nSPS) is 18.0. The molecule has 0 spiro atoms. The fourth-order valence-electron chi connectivity index (χ4n) is 3.80. The van der Waals surface area contributed by atoms with Gasteiger partial charge in [0.1, 0.15) is 18.5 Å². The van der Waals surface area contributed by atoms with Gasteiger partial charge in [0.15, 0.2) is 0 Å².